The maximum absolute atomic E-state index is 11.9. The van der Waals surface area contributed by atoms with E-state index in [1.807, 2.05) is 28.6 Å². The molecule has 0 bridgehead atoms. The summed E-state index contributed by atoms with van der Waals surface area (Å²) < 4.78 is 0. The van der Waals surface area contributed by atoms with Gasteiger partial charge in [-0.05, 0) is 45.7 Å². The molecule has 4 nitrogen and oxygen atoms in total. The first-order chi connectivity index (χ1) is 11.2. The van der Waals surface area contributed by atoms with Crippen LogP contribution in [0.5, 0.6) is 0 Å². The van der Waals surface area contributed by atoms with Crippen LogP contribution < -0.4 is 10.6 Å². The number of fused-ring (bicyclic) bond motifs is 1. The topological polar surface area (TPSA) is 61.4 Å². The number of benzene rings is 1. The number of aryl methyl sites for hydroxylation is 1. The number of amides is 2. The Labute approximate surface area is 144 Å². The van der Waals surface area contributed by atoms with E-state index in [1.165, 1.54) is 22.5 Å². The predicted octanol–water partition coefficient (Wildman–Crippen LogP) is 3.11. The Morgan fingerprint density at radius 3 is 3.00 bits per heavy atom. The molecule has 0 radical (unpaired) electrons. The smallest absolute Gasteiger partial charge is 0.314 e. The fourth-order valence-corrected chi connectivity index (χ4v) is 4.61. The summed E-state index contributed by atoms with van der Waals surface area (Å²) in [6.45, 7) is 0.818. The minimum absolute atomic E-state index is 0.219. The molecule has 2 amide bonds. The third-order valence-electron chi connectivity index (χ3n) is 3.92. The predicted molar refractivity (Wildman–Crippen MR) is 96.0 cm³/mol. The Balaban J connectivity index is 1.46. The molecule has 1 aliphatic heterocycles. The Morgan fingerprint density at radius 2 is 2.17 bits per heavy atom. The van der Waals surface area contributed by atoms with Crippen molar-refractivity contribution in [1.29, 1.82) is 0 Å². The highest BCUT2D eigenvalue weighted by molar-refractivity contribution is 7.99. The van der Waals surface area contributed by atoms with Crippen molar-refractivity contribution < 1.29 is 9.90 Å². The molecular weight excluding hydrogens is 328 g/mol. The minimum Gasteiger partial charge on any atom is -0.387 e. The van der Waals surface area contributed by atoms with E-state index in [9.17, 15) is 9.90 Å². The molecule has 122 valence electrons. The van der Waals surface area contributed by atoms with Crippen LogP contribution in [-0.2, 0) is 6.42 Å². The van der Waals surface area contributed by atoms with Gasteiger partial charge < -0.3 is 15.7 Å². The number of hydrogen-bond acceptors (Lipinski definition) is 4. The van der Waals surface area contributed by atoms with Gasteiger partial charge in [-0.2, -0.15) is 23.1 Å². The summed E-state index contributed by atoms with van der Waals surface area (Å²) in [5.74, 6) is 1.09. The van der Waals surface area contributed by atoms with Crippen LogP contribution in [0, 0.1) is 0 Å². The lowest BCUT2D eigenvalue weighted by molar-refractivity contribution is 0.173. The van der Waals surface area contributed by atoms with Crippen molar-refractivity contribution in [2.24, 2.45) is 0 Å². The van der Waals surface area contributed by atoms with Crippen molar-refractivity contribution >= 4 is 29.1 Å². The molecule has 0 saturated heterocycles. The van der Waals surface area contributed by atoms with E-state index in [1.54, 1.807) is 0 Å². The highest BCUT2D eigenvalue weighted by Crippen LogP contribution is 2.35. The van der Waals surface area contributed by atoms with E-state index >= 15 is 0 Å². The zero-order valence-electron chi connectivity index (χ0n) is 12.7. The van der Waals surface area contributed by atoms with E-state index in [0.717, 1.165) is 17.7 Å². The lowest BCUT2D eigenvalue weighted by Gasteiger charge is -2.25. The van der Waals surface area contributed by atoms with Crippen LogP contribution >= 0.6 is 23.1 Å². The van der Waals surface area contributed by atoms with Gasteiger partial charge in [-0.3, -0.25) is 0 Å². The summed E-state index contributed by atoms with van der Waals surface area (Å²) in [5, 5.41) is 19.7. The van der Waals surface area contributed by atoms with Gasteiger partial charge in [0, 0.05) is 18.3 Å². The Morgan fingerprint density at radius 1 is 1.30 bits per heavy atom. The molecule has 2 aromatic rings. The van der Waals surface area contributed by atoms with Crippen LogP contribution in [0.25, 0.3) is 0 Å². The molecule has 23 heavy (non-hydrogen) atoms. The first kappa shape index (κ1) is 16.4. The second-order valence-corrected chi connectivity index (χ2v) is 7.56. The van der Waals surface area contributed by atoms with Gasteiger partial charge in [0.05, 0.1) is 6.10 Å². The molecule has 0 spiro atoms. The van der Waals surface area contributed by atoms with E-state index in [4.69, 9.17) is 0 Å². The average Bonchev–Trinajstić information content (AvgIpc) is 3.12. The van der Waals surface area contributed by atoms with Crippen LogP contribution in [0.3, 0.4) is 0 Å². The molecule has 2 heterocycles. The van der Waals surface area contributed by atoms with Gasteiger partial charge in [-0.15, -0.1) is 0 Å². The Hall–Kier alpha value is -1.50. The lowest BCUT2D eigenvalue weighted by atomic mass is 10.0. The van der Waals surface area contributed by atoms with Crippen molar-refractivity contribution in [2.75, 3.05) is 18.8 Å². The van der Waals surface area contributed by atoms with Gasteiger partial charge in [0.15, 0.2) is 0 Å². The van der Waals surface area contributed by atoms with Gasteiger partial charge in [0.2, 0.25) is 0 Å². The molecule has 0 aliphatic carbocycles. The summed E-state index contributed by atoms with van der Waals surface area (Å²) in [6.07, 6.45) is 0.438. The summed E-state index contributed by atoms with van der Waals surface area (Å²) in [6, 6.07) is 10.1. The molecule has 0 fully saturated rings. The Kier molecular flexibility index (Phi) is 5.59. The highest BCUT2D eigenvalue weighted by Gasteiger charge is 2.20. The van der Waals surface area contributed by atoms with Crippen LogP contribution in [0.4, 0.5) is 4.79 Å². The highest BCUT2D eigenvalue weighted by atomic mass is 32.2. The number of rotatable bonds is 5. The average molecular weight is 348 g/mol. The number of aliphatic hydroxyl groups is 1. The number of thiophene rings is 1. The first-order valence-electron chi connectivity index (χ1n) is 7.65. The largest absolute Gasteiger partial charge is 0.387 e. The molecule has 0 saturated carbocycles. The standard InChI is InChI=1S/C17H20N2O2S2/c20-15(13-5-7-22-11-13)9-18-17(21)19-10-16-14-4-2-1-3-12(14)6-8-23-16/h1-5,7,11,15-16,20H,6,8-10H2,(H2,18,19,21)/t15-,16-/m0/s1. The summed E-state index contributed by atoms with van der Waals surface area (Å²) in [5.41, 5.74) is 3.54. The zero-order valence-corrected chi connectivity index (χ0v) is 14.3. The van der Waals surface area contributed by atoms with Crippen LogP contribution in [0.2, 0.25) is 0 Å². The van der Waals surface area contributed by atoms with Crippen LogP contribution in [0.15, 0.2) is 41.1 Å². The number of carbonyl (C=O) groups is 1. The maximum Gasteiger partial charge on any atom is 0.314 e. The SMILES string of the molecule is O=C(NC[C@@H]1SCCc2ccccc21)NC[C@H](O)c1ccsc1. The fourth-order valence-electron chi connectivity index (χ4n) is 2.67. The number of nitrogens with one attached hydrogen (secondary N) is 2. The van der Waals surface area contributed by atoms with Crippen molar-refractivity contribution in [1.82, 2.24) is 10.6 Å². The molecule has 1 aromatic heterocycles. The van der Waals surface area contributed by atoms with Gasteiger partial charge in [0.1, 0.15) is 0 Å². The third-order valence-corrected chi connectivity index (χ3v) is 5.89. The molecular formula is C17H20N2O2S2. The lowest BCUT2D eigenvalue weighted by Crippen LogP contribution is -2.39. The van der Waals surface area contributed by atoms with Gasteiger partial charge in [-0.1, -0.05) is 24.3 Å². The quantitative estimate of drug-likeness (QED) is 0.778. The van der Waals surface area contributed by atoms with Crippen molar-refractivity contribution in [2.45, 2.75) is 17.8 Å². The molecule has 6 heteroatoms. The van der Waals surface area contributed by atoms with E-state index in [0.29, 0.717) is 11.8 Å². The maximum atomic E-state index is 11.9. The third kappa shape index (κ3) is 4.28. The molecule has 2 atom stereocenters. The number of urea groups is 1. The molecule has 0 unspecified atom stereocenters. The van der Waals surface area contributed by atoms with Crippen molar-refractivity contribution in [3.05, 3.63) is 57.8 Å². The van der Waals surface area contributed by atoms with Gasteiger partial charge in [0.25, 0.3) is 0 Å². The van der Waals surface area contributed by atoms with E-state index in [2.05, 4.69) is 34.9 Å². The van der Waals surface area contributed by atoms with E-state index in [-0.39, 0.29) is 12.6 Å². The normalized spacial score (nSPS) is 18.0. The van der Waals surface area contributed by atoms with Gasteiger partial charge in [-0.25, -0.2) is 4.79 Å². The number of thioether (sulfide) groups is 1. The number of carbonyl (C=O) groups excluding carboxylic acids is 1. The van der Waals surface area contributed by atoms with Crippen molar-refractivity contribution in [3.63, 3.8) is 0 Å². The fraction of sp³-hybridized carbons (Fsp3) is 0.353. The Bertz CT molecular complexity index is 646. The monoisotopic (exact) mass is 348 g/mol. The van der Waals surface area contributed by atoms with Crippen LogP contribution in [-0.4, -0.2) is 30.0 Å². The molecule has 3 N–H and O–H groups in total. The molecule has 1 aliphatic rings. The summed E-state index contributed by atoms with van der Waals surface area (Å²) in [7, 11) is 0. The summed E-state index contributed by atoms with van der Waals surface area (Å²) in [4.78, 5) is 11.9. The minimum atomic E-state index is -0.656. The van der Waals surface area contributed by atoms with Crippen molar-refractivity contribution in [3.8, 4) is 0 Å². The second-order valence-electron chi connectivity index (χ2n) is 5.47. The number of aliphatic hydroxyl groups excluding tert-OH is 1. The van der Waals surface area contributed by atoms with Gasteiger partial charge >= 0.3 is 6.03 Å². The number of hydrogen-bond donors (Lipinski definition) is 3. The van der Waals surface area contributed by atoms with Crippen LogP contribution in [0.1, 0.15) is 28.0 Å². The molecule has 3 rings (SSSR count). The first-order valence-corrected chi connectivity index (χ1v) is 9.64. The molecule has 1 aromatic carbocycles. The zero-order chi connectivity index (χ0) is 16.1. The second kappa shape index (κ2) is 7.86. The summed E-state index contributed by atoms with van der Waals surface area (Å²) >= 11 is 3.41. The van der Waals surface area contributed by atoms with E-state index < -0.39 is 6.10 Å².